The number of Topliss-reactive ketones (excluding diaryl/α,β-unsaturated/α-hetero) is 1. The van der Waals surface area contributed by atoms with Crippen molar-refractivity contribution in [3.05, 3.63) is 25.2 Å². The molecule has 3 fully saturated rings. The summed E-state index contributed by atoms with van der Waals surface area (Å²) >= 11 is 0. The molecule has 5 rings (SSSR count). The lowest BCUT2D eigenvalue weighted by Crippen LogP contribution is -2.46. The molecule has 3 heterocycles. The number of fused-ring (bicyclic) bond motifs is 1. The number of allylic oxidation sites excluding steroid dienone is 1. The van der Waals surface area contributed by atoms with Gasteiger partial charge in [-0.2, -0.15) is 4.98 Å². The molecule has 2 aromatic rings. The zero-order valence-corrected chi connectivity index (χ0v) is 26.3. The zero-order chi connectivity index (χ0) is 31.5. The molecule has 1 aliphatic heterocycles. The fraction of sp³-hybridized carbons (Fsp3) is 0.655. The Labute approximate surface area is 251 Å². The Hall–Kier alpha value is -3.55. The van der Waals surface area contributed by atoms with E-state index in [2.05, 4.69) is 26.3 Å². The molecule has 1 saturated heterocycles. The molecule has 2 amide bonds. The molecule has 0 spiro atoms. The van der Waals surface area contributed by atoms with Gasteiger partial charge in [0.15, 0.2) is 11.4 Å². The Morgan fingerprint density at radius 1 is 1.26 bits per heavy atom. The highest BCUT2D eigenvalue weighted by molar-refractivity contribution is 7.91. The minimum atomic E-state index is -3.89. The topological polar surface area (TPSA) is 163 Å². The molecule has 13 nitrogen and oxygen atoms in total. The van der Waals surface area contributed by atoms with E-state index in [-0.39, 0.29) is 43.1 Å². The van der Waals surface area contributed by atoms with Crippen LogP contribution in [0, 0.1) is 11.3 Å². The van der Waals surface area contributed by atoms with Gasteiger partial charge in [0.1, 0.15) is 23.5 Å². The first-order chi connectivity index (χ1) is 20.0. The summed E-state index contributed by atoms with van der Waals surface area (Å²) in [5, 5.41) is 0. The van der Waals surface area contributed by atoms with Crippen LogP contribution in [-0.4, -0.2) is 79.7 Å². The smallest absolute Gasteiger partial charge is 0.411 e. The lowest BCUT2D eigenvalue weighted by Gasteiger charge is -2.28. The van der Waals surface area contributed by atoms with Gasteiger partial charge in [0, 0.05) is 18.9 Å². The number of imidazole rings is 1. The lowest BCUT2D eigenvalue weighted by atomic mass is 9.91. The van der Waals surface area contributed by atoms with Crippen LogP contribution in [0.25, 0.3) is 11.2 Å². The molecular weight excluding hydrogens is 576 g/mol. The number of likely N-dealkylation sites (tertiary alicyclic amines) is 1. The molecule has 2 saturated carbocycles. The third-order valence-electron chi connectivity index (χ3n) is 8.56. The van der Waals surface area contributed by atoms with Crippen molar-refractivity contribution in [3.63, 3.8) is 0 Å². The van der Waals surface area contributed by atoms with E-state index < -0.39 is 49.9 Å². The number of hydrogen-bond donors (Lipinski definition) is 1. The third kappa shape index (κ3) is 5.85. The molecule has 0 unspecified atom stereocenters. The molecule has 0 radical (unpaired) electrons. The molecule has 2 aliphatic carbocycles. The van der Waals surface area contributed by atoms with Gasteiger partial charge in [0.05, 0.1) is 28.9 Å². The number of amides is 2. The van der Waals surface area contributed by atoms with Gasteiger partial charge in [-0.3, -0.25) is 23.8 Å². The first kappa shape index (κ1) is 30.9. The van der Waals surface area contributed by atoms with Gasteiger partial charge in [-0.05, 0) is 66.7 Å². The summed E-state index contributed by atoms with van der Waals surface area (Å²) in [4.78, 5) is 54.9. The van der Waals surface area contributed by atoms with Gasteiger partial charge >= 0.3 is 6.09 Å². The molecule has 43 heavy (non-hydrogen) atoms. The van der Waals surface area contributed by atoms with E-state index in [1.165, 1.54) is 11.2 Å². The lowest BCUT2D eigenvalue weighted by molar-refractivity contribution is -0.131. The summed E-state index contributed by atoms with van der Waals surface area (Å²) in [7, 11) is -3.89. The summed E-state index contributed by atoms with van der Waals surface area (Å²) in [6.45, 7) is 14.5. The second kappa shape index (κ2) is 10.6. The van der Waals surface area contributed by atoms with Crippen molar-refractivity contribution in [2.45, 2.75) is 102 Å². The highest BCUT2D eigenvalue weighted by Crippen LogP contribution is 2.57. The number of nitrogens with one attached hydrogen (secondary N) is 1. The first-order valence-corrected chi connectivity index (χ1v) is 16.0. The maximum absolute atomic E-state index is 13.9. The Bertz CT molecular complexity index is 1580. The zero-order valence-electron chi connectivity index (χ0n) is 25.5. The average molecular weight is 617 g/mol. The second-order valence-corrected chi connectivity index (χ2v) is 15.6. The van der Waals surface area contributed by atoms with E-state index in [0.717, 1.165) is 0 Å². The number of carbonyl (C=O) groups excluding carboxylic acids is 3. The number of aromatic nitrogens is 4. The normalized spacial score (nSPS) is 26.3. The predicted molar refractivity (Wildman–Crippen MR) is 157 cm³/mol. The highest BCUT2D eigenvalue weighted by atomic mass is 32.2. The van der Waals surface area contributed by atoms with Crippen LogP contribution in [0.15, 0.2) is 25.2 Å². The summed E-state index contributed by atoms with van der Waals surface area (Å²) in [6.07, 6.45) is 4.41. The number of nitrogens with zero attached hydrogens (tertiary/aromatic N) is 5. The summed E-state index contributed by atoms with van der Waals surface area (Å²) < 4.78 is 40.6. The van der Waals surface area contributed by atoms with Crippen molar-refractivity contribution in [1.29, 1.82) is 0 Å². The summed E-state index contributed by atoms with van der Waals surface area (Å²) in [5.74, 6) is -1.45. The number of ether oxygens (including phenoxy) is 2. The molecule has 1 N–H and O–H groups in total. The fourth-order valence-corrected chi connectivity index (χ4v) is 6.98. The predicted octanol–water partition coefficient (Wildman–Crippen LogP) is 3.31. The molecule has 0 aromatic carbocycles. The Kier molecular flexibility index (Phi) is 7.59. The van der Waals surface area contributed by atoms with E-state index >= 15 is 0 Å². The molecule has 234 valence electrons. The van der Waals surface area contributed by atoms with Crippen molar-refractivity contribution in [2.24, 2.45) is 11.3 Å². The Morgan fingerprint density at radius 3 is 2.53 bits per heavy atom. The average Bonchev–Trinajstić information content (AvgIpc) is 3.73. The Morgan fingerprint density at radius 2 is 1.95 bits per heavy atom. The number of carbonyl (C=O) groups is 3. The van der Waals surface area contributed by atoms with Crippen LogP contribution in [-0.2, 0) is 24.3 Å². The minimum Gasteiger partial charge on any atom is -0.459 e. The third-order valence-corrected chi connectivity index (χ3v) is 10.7. The highest BCUT2D eigenvalue weighted by Gasteiger charge is 2.62. The molecule has 0 bridgehead atoms. The van der Waals surface area contributed by atoms with E-state index in [1.54, 1.807) is 40.0 Å². The van der Waals surface area contributed by atoms with Gasteiger partial charge < -0.3 is 9.47 Å². The molecule has 3 aliphatic rings. The maximum atomic E-state index is 13.9. The van der Waals surface area contributed by atoms with Crippen molar-refractivity contribution in [1.82, 2.24) is 29.1 Å². The second-order valence-electron chi connectivity index (χ2n) is 13.4. The molecular formula is C29H40N6O7S. The van der Waals surface area contributed by atoms with E-state index in [4.69, 9.17) is 9.47 Å². The van der Waals surface area contributed by atoms with Gasteiger partial charge in [-0.15, -0.1) is 6.58 Å². The van der Waals surface area contributed by atoms with Crippen LogP contribution in [0.5, 0.6) is 6.01 Å². The van der Waals surface area contributed by atoms with Crippen LogP contribution < -0.4 is 9.46 Å². The van der Waals surface area contributed by atoms with Crippen LogP contribution in [0.1, 0.15) is 79.7 Å². The van der Waals surface area contributed by atoms with E-state index in [0.29, 0.717) is 30.4 Å². The standard InChI is InChI=1S/C29H40N6O7S/c1-8-18-12-29(18,24(37)33-43(39,40)28(7)9-10-28)13-22(36)21-11-19(15-34(21)26(38)42-27(4,5)6)41-25-32-20-14-30-16-31-23(20)35(25)17(2)3/h8,14,16-19,21H,1,9-13,15H2,2-7H3,(H,33,37)/t18-,19-,21+,29-/m1/s1. The van der Waals surface area contributed by atoms with E-state index in [1.807, 2.05) is 18.4 Å². The molecule has 2 aromatic heterocycles. The van der Waals surface area contributed by atoms with Crippen LogP contribution in [0.4, 0.5) is 4.79 Å². The van der Waals surface area contributed by atoms with Crippen LogP contribution in [0.2, 0.25) is 0 Å². The van der Waals surface area contributed by atoms with Crippen LogP contribution >= 0.6 is 0 Å². The number of hydrogen-bond acceptors (Lipinski definition) is 10. The molecule has 4 atom stereocenters. The SMILES string of the molecule is C=C[C@@H]1C[C@]1(CC(=O)[C@@H]1C[C@@H](Oc2nc3cncnc3n2C(C)C)CN1C(=O)OC(C)(C)C)C(=O)NS(=O)(=O)C1(C)CC1. The Balaban J connectivity index is 1.39. The van der Waals surface area contributed by atoms with Crippen molar-refractivity contribution in [3.8, 4) is 6.01 Å². The van der Waals surface area contributed by atoms with Crippen molar-refractivity contribution in [2.75, 3.05) is 6.54 Å². The number of sulfonamides is 1. The first-order valence-electron chi connectivity index (χ1n) is 14.6. The molecule has 14 heteroatoms. The van der Waals surface area contributed by atoms with Gasteiger partial charge in [-0.1, -0.05) is 6.08 Å². The van der Waals surface area contributed by atoms with Crippen molar-refractivity contribution < 1.29 is 32.3 Å². The van der Waals surface area contributed by atoms with Gasteiger partial charge in [0.25, 0.3) is 6.01 Å². The number of ketones is 1. The van der Waals surface area contributed by atoms with E-state index in [9.17, 15) is 22.8 Å². The summed E-state index contributed by atoms with van der Waals surface area (Å²) in [6, 6.07) is -0.713. The van der Waals surface area contributed by atoms with Crippen molar-refractivity contribution >= 4 is 39.0 Å². The quantitative estimate of drug-likeness (QED) is 0.392. The maximum Gasteiger partial charge on any atom is 0.411 e. The minimum absolute atomic E-state index is 0.0473. The van der Waals surface area contributed by atoms with Gasteiger partial charge in [0.2, 0.25) is 15.9 Å². The fourth-order valence-electron chi connectivity index (χ4n) is 5.64. The number of rotatable bonds is 10. The monoisotopic (exact) mass is 616 g/mol. The van der Waals surface area contributed by atoms with Gasteiger partial charge in [-0.25, -0.2) is 23.2 Å². The summed E-state index contributed by atoms with van der Waals surface area (Å²) in [5.41, 5.74) is -0.915. The largest absolute Gasteiger partial charge is 0.459 e. The van der Waals surface area contributed by atoms with Crippen LogP contribution in [0.3, 0.4) is 0 Å².